The fraction of sp³-hybridized carbons (Fsp3) is 0.778. The molecule has 0 bridgehead atoms. The van der Waals surface area contributed by atoms with E-state index in [0.717, 1.165) is 25.7 Å². The second-order valence-corrected chi connectivity index (χ2v) is 7.25. The zero-order valence-electron chi connectivity index (χ0n) is 14.3. The first-order chi connectivity index (χ1) is 10.2. The minimum atomic E-state index is -1.15. The largest absolute Gasteiger partial charge is 0.481 e. The topological polar surface area (TPSA) is 74.6 Å². The van der Waals surface area contributed by atoms with Gasteiger partial charge in [-0.3, -0.25) is 9.59 Å². The van der Waals surface area contributed by atoms with Crippen LogP contribution in [0, 0.1) is 16.2 Å². The summed E-state index contributed by atoms with van der Waals surface area (Å²) in [4.78, 5) is 23.8. The standard InChI is InChI=1S/C18H30O4/c1-5-6-7-8-9-13-18(4)16(2,14(19)20)11-10-12-17(18,3)15(21)22/h10-11H,5-9,12-13H2,1-4H3,(H,19,20)(H,21,22). The lowest BCUT2D eigenvalue weighted by molar-refractivity contribution is -0.175. The predicted octanol–water partition coefficient (Wildman–Crippen LogP) is 4.49. The van der Waals surface area contributed by atoms with Gasteiger partial charge in [0.1, 0.15) is 0 Å². The number of aliphatic carboxylic acids is 2. The summed E-state index contributed by atoms with van der Waals surface area (Å²) >= 11 is 0. The van der Waals surface area contributed by atoms with Gasteiger partial charge < -0.3 is 10.2 Å². The molecule has 0 spiro atoms. The molecule has 0 amide bonds. The van der Waals surface area contributed by atoms with E-state index in [2.05, 4.69) is 6.92 Å². The second-order valence-electron chi connectivity index (χ2n) is 7.25. The Morgan fingerprint density at radius 3 is 2.09 bits per heavy atom. The monoisotopic (exact) mass is 310 g/mol. The highest BCUT2D eigenvalue weighted by molar-refractivity contribution is 5.83. The quantitative estimate of drug-likeness (QED) is 0.511. The van der Waals surface area contributed by atoms with Gasteiger partial charge in [-0.25, -0.2) is 0 Å². The summed E-state index contributed by atoms with van der Waals surface area (Å²) in [6.07, 6.45) is 9.77. The van der Waals surface area contributed by atoms with Gasteiger partial charge in [0.2, 0.25) is 0 Å². The van der Waals surface area contributed by atoms with Gasteiger partial charge in [-0.15, -0.1) is 0 Å². The fourth-order valence-corrected chi connectivity index (χ4v) is 3.76. The van der Waals surface area contributed by atoms with Crippen LogP contribution in [0.2, 0.25) is 0 Å². The van der Waals surface area contributed by atoms with Gasteiger partial charge in [0.25, 0.3) is 0 Å². The van der Waals surface area contributed by atoms with Crippen LogP contribution < -0.4 is 0 Å². The first-order valence-electron chi connectivity index (χ1n) is 8.30. The fourth-order valence-electron chi connectivity index (χ4n) is 3.76. The first kappa shape index (κ1) is 18.7. The van der Waals surface area contributed by atoms with Gasteiger partial charge in [0.05, 0.1) is 10.8 Å². The first-order valence-corrected chi connectivity index (χ1v) is 8.30. The molecule has 0 aromatic rings. The van der Waals surface area contributed by atoms with Crippen molar-refractivity contribution < 1.29 is 19.8 Å². The van der Waals surface area contributed by atoms with E-state index >= 15 is 0 Å². The van der Waals surface area contributed by atoms with E-state index in [9.17, 15) is 19.8 Å². The number of allylic oxidation sites excluding steroid dienone is 1. The number of carbonyl (C=O) groups is 2. The van der Waals surface area contributed by atoms with E-state index < -0.39 is 28.2 Å². The number of hydrogen-bond acceptors (Lipinski definition) is 2. The van der Waals surface area contributed by atoms with Gasteiger partial charge >= 0.3 is 11.9 Å². The van der Waals surface area contributed by atoms with Gasteiger partial charge in [-0.05, 0) is 26.7 Å². The molecule has 0 heterocycles. The Bertz CT molecular complexity index is 456. The number of carboxylic acid groups (broad SMARTS) is 2. The van der Waals surface area contributed by atoms with Gasteiger partial charge in [0.15, 0.2) is 0 Å². The Hall–Kier alpha value is -1.32. The van der Waals surface area contributed by atoms with Crippen molar-refractivity contribution in [3.8, 4) is 0 Å². The van der Waals surface area contributed by atoms with Crippen LogP contribution in [0.4, 0.5) is 0 Å². The Balaban J connectivity index is 3.09. The summed E-state index contributed by atoms with van der Waals surface area (Å²) in [6.45, 7) is 7.36. The lowest BCUT2D eigenvalue weighted by Crippen LogP contribution is -2.57. The molecule has 1 aliphatic rings. The average molecular weight is 310 g/mol. The molecule has 1 rings (SSSR count). The normalized spacial score (nSPS) is 34.5. The van der Waals surface area contributed by atoms with Gasteiger partial charge in [0, 0.05) is 5.41 Å². The molecular weight excluding hydrogens is 280 g/mol. The van der Waals surface area contributed by atoms with Crippen LogP contribution in [0.15, 0.2) is 12.2 Å². The summed E-state index contributed by atoms with van der Waals surface area (Å²) in [7, 11) is 0. The minimum Gasteiger partial charge on any atom is -0.481 e. The molecular formula is C18H30O4. The Labute approximate surface area is 133 Å². The van der Waals surface area contributed by atoms with E-state index in [1.165, 1.54) is 6.42 Å². The zero-order chi connectivity index (χ0) is 17.0. The molecule has 4 nitrogen and oxygen atoms in total. The molecule has 0 saturated heterocycles. The maximum Gasteiger partial charge on any atom is 0.313 e. The van der Waals surface area contributed by atoms with Crippen LogP contribution >= 0.6 is 0 Å². The molecule has 4 heteroatoms. The maximum absolute atomic E-state index is 11.9. The van der Waals surface area contributed by atoms with Crippen molar-refractivity contribution in [3.63, 3.8) is 0 Å². The molecule has 3 atom stereocenters. The van der Waals surface area contributed by atoms with E-state index in [-0.39, 0.29) is 0 Å². The number of carboxylic acids is 2. The SMILES string of the molecule is CCCCCCCC1(C)C(C)(C(=O)O)C=CCC1(C)C(=O)O. The summed E-state index contributed by atoms with van der Waals surface area (Å²) in [5.41, 5.74) is -3.01. The van der Waals surface area contributed by atoms with Gasteiger partial charge in [-0.2, -0.15) is 0 Å². The molecule has 2 N–H and O–H groups in total. The summed E-state index contributed by atoms with van der Waals surface area (Å²) in [5.74, 6) is -1.84. The lowest BCUT2D eigenvalue weighted by atomic mass is 9.47. The van der Waals surface area contributed by atoms with E-state index in [4.69, 9.17) is 0 Å². The maximum atomic E-state index is 11.9. The Kier molecular flexibility index (Phi) is 5.82. The molecule has 126 valence electrons. The lowest BCUT2D eigenvalue weighted by Gasteiger charge is -2.54. The Morgan fingerprint density at radius 2 is 1.59 bits per heavy atom. The van der Waals surface area contributed by atoms with Crippen molar-refractivity contribution in [2.45, 2.75) is 72.6 Å². The number of unbranched alkanes of at least 4 members (excludes halogenated alkanes) is 4. The number of rotatable bonds is 8. The third-order valence-electron chi connectivity index (χ3n) is 6.04. The van der Waals surface area contributed by atoms with Crippen LogP contribution in [0.25, 0.3) is 0 Å². The van der Waals surface area contributed by atoms with Crippen LogP contribution in [-0.4, -0.2) is 22.2 Å². The van der Waals surface area contributed by atoms with Gasteiger partial charge in [-0.1, -0.05) is 58.1 Å². The van der Waals surface area contributed by atoms with E-state index in [1.807, 2.05) is 6.92 Å². The van der Waals surface area contributed by atoms with Crippen LogP contribution in [0.5, 0.6) is 0 Å². The van der Waals surface area contributed by atoms with Crippen molar-refractivity contribution in [1.29, 1.82) is 0 Å². The smallest absolute Gasteiger partial charge is 0.313 e. The highest BCUT2D eigenvalue weighted by Gasteiger charge is 2.62. The van der Waals surface area contributed by atoms with Crippen LogP contribution in [0.1, 0.15) is 72.6 Å². The third kappa shape index (κ3) is 2.92. The van der Waals surface area contributed by atoms with Crippen LogP contribution in [0.3, 0.4) is 0 Å². The summed E-state index contributed by atoms with van der Waals surface area (Å²) < 4.78 is 0. The van der Waals surface area contributed by atoms with Crippen molar-refractivity contribution >= 4 is 11.9 Å². The minimum absolute atomic E-state index is 0.386. The highest BCUT2D eigenvalue weighted by Crippen LogP contribution is 2.60. The second kappa shape index (κ2) is 6.84. The molecule has 0 fully saturated rings. The molecule has 22 heavy (non-hydrogen) atoms. The summed E-state index contributed by atoms with van der Waals surface area (Å²) in [5, 5.41) is 19.5. The van der Waals surface area contributed by atoms with E-state index in [1.54, 1.807) is 26.0 Å². The average Bonchev–Trinajstić information content (AvgIpc) is 2.44. The van der Waals surface area contributed by atoms with Crippen molar-refractivity contribution in [1.82, 2.24) is 0 Å². The Morgan fingerprint density at radius 1 is 1.00 bits per heavy atom. The van der Waals surface area contributed by atoms with Crippen LogP contribution in [-0.2, 0) is 9.59 Å². The molecule has 0 saturated carbocycles. The predicted molar refractivity (Wildman–Crippen MR) is 86.7 cm³/mol. The number of hydrogen-bond donors (Lipinski definition) is 2. The molecule has 0 radical (unpaired) electrons. The zero-order valence-corrected chi connectivity index (χ0v) is 14.3. The highest BCUT2D eigenvalue weighted by atomic mass is 16.4. The van der Waals surface area contributed by atoms with E-state index in [0.29, 0.717) is 12.8 Å². The molecule has 0 aromatic heterocycles. The molecule has 0 aliphatic heterocycles. The van der Waals surface area contributed by atoms with Crippen molar-refractivity contribution in [3.05, 3.63) is 12.2 Å². The third-order valence-corrected chi connectivity index (χ3v) is 6.04. The molecule has 1 aliphatic carbocycles. The molecule has 0 aromatic carbocycles. The summed E-state index contributed by atoms with van der Waals surface area (Å²) in [6, 6.07) is 0. The molecule has 3 unspecified atom stereocenters. The van der Waals surface area contributed by atoms with Crippen molar-refractivity contribution in [2.75, 3.05) is 0 Å². The van der Waals surface area contributed by atoms with Crippen molar-refractivity contribution in [2.24, 2.45) is 16.2 Å².